The maximum atomic E-state index is 14.9. The molecule has 6 rings (SSSR count). The van der Waals surface area contributed by atoms with Gasteiger partial charge in [0.15, 0.2) is 11.6 Å². The second-order valence-electron chi connectivity index (χ2n) is 10.8. The van der Waals surface area contributed by atoms with Crippen molar-refractivity contribution in [3.05, 3.63) is 77.6 Å². The maximum Gasteiger partial charge on any atom is 0.401 e. The lowest BCUT2D eigenvalue weighted by Crippen LogP contribution is -2.28. The molecule has 13 heteroatoms. The van der Waals surface area contributed by atoms with Gasteiger partial charge in [-0.05, 0) is 55.6 Å². The van der Waals surface area contributed by atoms with Gasteiger partial charge in [0.25, 0.3) is 0 Å². The first-order valence-corrected chi connectivity index (χ1v) is 13.2. The average molecular weight is 570 g/mol. The first kappa shape index (κ1) is 27.1. The van der Waals surface area contributed by atoms with E-state index in [1.54, 1.807) is 18.5 Å². The van der Waals surface area contributed by atoms with E-state index in [4.69, 9.17) is 4.52 Å². The lowest BCUT2D eigenvalue weighted by Gasteiger charge is -2.14. The third-order valence-electron chi connectivity index (χ3n) is 7.74. The topological polar surface area (TPSA) is 102 Å². The van der Waals surface area contributed by atoms with Gasteiger partial charge in [-0.3, -0.25) is 9.48 Å². The van der Waals surface area contributed by atoms with Crippen LogP contribution in [0.5, 0.6) is 0 Å². The Morgan fingerprint density at radius 2 is 1.93 bits per heavy atom. The Balaban J connectivity index is 1.06. The number of carbonyl (C=O) groups is 1. The summed E-state index contributed by atoms with van der Waals surface area (Å²) in [6.45, 7) is 2.03. The quantitative estimate of drug-likeness (QED) is 0.307. The zero-order chi connectivity index (χ0) is 28.8. The lowest BCUT2D eigenvalue weighted by molar-refractivity contribution is -0.165. The Bertz CT molecular complexity index is 1560. The number of benzene rings is 1. The molecule has 0 radical (unpaired) electrons. The summed E-state index contributed by atoms with van der Waals surface area (Å²) >= 11 is 0. The summed E-state index contributed by atoms with van der Waals surface area (Å²) in [5.74, 6) is -1.11. The van der Waals surface area contributed by atoms with Gasteiger partial charge in [0.1, 0.15) is 17.1 Å². The summed E-state index contributed by atoms with van der Waals surface area (Å²) in [5, 5.41) is 10.4. The van der Waals surface area contributed by atoms with Gasteiger partial charge >= 0.3 is 6.18 Å². The number of amides is 1. The number of likely N-dealkylation sites (N-methyl/N-ethyl adjacent to an activating group) is 1. The van der Waals surface area contributed by atoms with Crippen molar-refractivity contribution in [2.75, 3.05) is 25.5 Å². The number of likely N-dealkylation sites (tertiary alicyclic amines) is 1. The fourth-order valence-corrected chi connectivity index (χ4v) is 5.16. The van der Waals surface area contributed by atoms with Gasteiger partial charge in [0.05, 0.1) is 18.7 Å². The van der Waals surface area contributed by atoms with Gasteiger partial charge < -0.3 is 14.7 Å². The minimum Gasteiger partial charge on any atom is -0.358 e. The second kappa shape index (κ2) is 10.4. The standard InChI is InChI=1S/C28H27F4N7O2/c1-38-7-4-21(16-38)39-15-17(12-35-39)8-24-33-13-20(14-34-24)18-2-3-19(22(29)9-18)10-26(40)36-25-11-23(41-37-25)27(5-6-27)28(30,31)32/h2-3,9,11-15,21H,4-8,10,16H2,1H3,(H,36,37,40). The molecule has 41 heavy (non-hydrogen) atoms. The fraction of sp³-hybridized carbons (Fsp3) is 0.393. The zero-order valence-electron chi connectivity index (χ0n) is 22.2. The van der Waals surface area contributed by atoms with E-state index in [0.717, 1.165) is 31.1 Å². The SMILES string of the molecule is CN1CCC(n2cc(Cc3ncc(-c4ccc(CC(=O)Nc5cc(C6(C(F)(F)F)CC6)on5)c(F)c4)cn3)cn2)C1. The Morgan fingerprint density at radius 1 is 1.15 bits per heavy atom. The molecular weight excluding hydrogens is 542 g/mol. The summed E-state index contributed by atoms with van der Waals surface area (Å²) in [4.78, 5) is 23.6. The molecule has 1 amide bonds. The predicted octanol–water partition coefficient (Wildman–Crippen LogP) is 4.71. The number of alkyl halides is 3. The van der Waals surface area contributed by atoms with Crippen molar-refractivity contribution in [2.45, 2.75) is 49.7 Å². The zero-order valence-corrected chi connectivity index (χ0v) is 22.2. The van der Waals surface area contributed by atoms with E-state index >= 15 is 0 Å². The number of anilines is 1. The number of halogens is 4. The molecule has 1 saturated carbocycles. The van der Waals surface area contributed by atoms with E-state index < -0.39 is 23.3 Å². The van der Waals surface area contributed by atoms with Crippen molar-refractivity contribution >= 4 is 11.7 Å². The second-order valence-corrected chi connectivity index (χ2v) is 10.8. The Labute approximate surface area is 232 Å². The van der Waals surface area contributed by atoms with Crippen LogP contribution in [0.2, 0.25) is 0 Å². The molecule has 4 heterocycles. The van der Waals surface area contributed by atoms with Crippen LogP contribution in [-0.4, -0.2) is 62.0 Å². The summed E-state index contributed by atoms with van der Waals surface area (Å²) in [6, 6.07) is 5.86. The molecular formula is C28H27F4N7O2. The van der Waals surface area contributed by atoms with Crippen LogP contribution in [0.4, 0.5) is 23.4 Å². The number of nitrogens with zero attached hydrogens (tertiary/aromatic N) is 6. The van der Waals surface area contributed by atoms with Crippen molar-refractivity contribution in [3.8, 4) is 11.1 Å². The molecule has 1 N–H and O–H groups in total. The highest BCUT2D eigenvalue weighted by molar-refractivity contribution is 5.91. The van der Waals surface area contributed by atoms with Gasteiger partial charge in [-0.1, -0.05) is 17.3 Å². The number of nitrogens with one attached hydrogen (secondary N) is 1. The number of hydrogen-bond acceptors (Lipinski definition) is 7. The molecule has 2 fully saturated rings. The average Bonchev–Trinajstić information content (AvgIpc) is 3.21. The largest absolute Gasteiger partial charge is 0.401 e. The fourth-order valence-electron chi connectivity index (χ4n) is 5.16. The number of hydrogen-bond donors (Lipinski definition) is 1. The summed E-state index contributed by atoms with van der Waals surface area (Å²) < 4.78 is 61.5. The molecule has 9 nitrogen and oxygen atoms in total. The molecule has 0 spiro atoms. The van der Waals surface area contributed by atoms with E-state index in [0.29, 0.717) is 29.4 Å². The van der Waals surface area contributed by atoms with Crippen LogP contribution in [0, 0.1) is 5.82 Å². The molecule has 0 bridgehead atoms. The van der Waals surface area contributed by atoms with Gasteiger partial charge in [-0.2, -0.15) is 18.3 Å². The first-order valence-electron chi connectivity index (χ1n) is 13.2. The minimum atomic E-state index is -4.46. The molecule has 214 valence electrons. The van der Waals surface area contributed by atoms with Crippen LogP contribution in [0.25, 0.3) is 11.1 Å². The van der Waals surface area contributed by atoms with Crippen LogP contribution in [-0.2, 0) is 23.1 Å². The van der Waals surface area contributed by atoms with E-state index in [1.165, 1.54) is 12.1 Å². The lowest BCUT2D eigenvalue weighted by atomic mass is 10.0. The number of carbonyl (C=O) groups excluding carboxylic acids is 1. The number of rotatable bonds is 8. The van der Waals surface area contributed by atoms with E-state index in [2.05, 4.69) is 37.5 Å². The molecule has 4 aromatic rings. The van der Waals surface area contributed by atoms with Gasteiger partial charge in [0.2, 0.25) is 5.91 Å². The van der Waals surface area contributed by atoms with Crippen LogP contribution in [0.3, 0.4) is 0 Å². The molecule has 1 aliphatic heterocycles. The van der Waals surface area contributed by atoms with Crippen molar-refractivity contribution in [2.24, 2.45) is 0 Å². The molecule has 1 unspecified atom stereocenters. The third-order valence-corrected chi connectivity index (χ3v) is 7.74. The van der Waals surface area contributed by atoms with Crippen molar-refractivity contribution in [1.82, 2.24) is 29.8 Å². The van der Waals surface area contributed by atoms with Crippen LogP contribution in [0.15, 0.2) is 53.6 Å². The highest BCUT2D eigenvalue weighted by Crippen LogP contribution is 2.59. The predicted molar refractivity (Wildman–Crippen MR) is 139 cm³/mol. The van der Waals surface area contributed by atoms with Gasteiger partial charge in [0, 0.05) is 43.2 Å². The molecule has 1 aliphatic carbocycles. The van der Waals surface area contributed by atoms with E-state index in [1.807, 2.05) is 17.1 Å². The number of aromatic nitrogens is 5. The molecule has 1 atom stereocenters. The molecule has 1 aromatic carbocycles. The van der Waals surface area contributed by atoms with Gasteiger partial charge in [-0.15, -0.1) is 0 Å². The van der Waals surface area contributed by atoms with Crippen molar-refractivity contribution in [1.29, 1.82) is 0 Å². The van der Waals surface area contributed by atoms with E-state index in [9.17, 15) is 22.4 Å². The summed E-state index contributed by atoms with van der Waals surface area (Å²) in [6.07, 6.45) is 3.72. The smallest absolute Gasteiger partial charge is 0.358 e. The van der Waals surface area contributed by atoms with Crippen LogP contribution < -0.4 is 5.32 Å². The maximum absolute atomic E-state index is 14.9. The van der Waals surface area contributed by atoms with Crippen molar-refractivity contribution < 1.29 is 26.9 Å². The molecule has 1 saturated heterocycles. The van der Waals surface area contributed by atoms with Crippen LogP contribution in [0.1, 0.15) is 48.0 Å². The monoisotopic (exact) mass is 569 g/mol. The first-order chi connectivity index (χ1) is 19.6. The highest BCUT2D eigenvalue weighted by Gasteiger charge is 2.66. The Morgan fingerprint density at radius 3 is 2.59 bits per heavy atom. The van der Waals surface area contributed by atoms with Crippen molar-refractivity contribution in [3.63, 3.8) is 0 Å². The molecule has 3 aromatic heterocycles. The molecule has 2 aliphatic rings. The minimum absolute atomic E-state index is 0.0887. The normalized spacial score (nSPS) is 18.5. The Kier molecular flexibility index (Phi) is 6.84. The third kappa shape index (κ3) is 5.58. The summed E-state index contributed by atoms with van der Waals surface area (Å²) in [5.41, 5.74) is 0.242. The van der Waals surface area contributed by atoms with Gasteiger partial charge in [-0.25, -0.2) is 14.4 Å². The van der Waals surface area contributed by atoms with E-state index in [-0.39, 0.29) is 36.4 Å². The van der Waals surface area contributed by atoms with Crippen LogP contribution >= 0.6 is 0 Å². The Hall–Kier alpha value is -4.13. The highest BCUT2D eigenvalue weighted by atomic mass is 19.4. The summed E-state index contributed by atoms with van der Waals surface area (Å²) in [7, 11) is 2.10.